The van der Waals surface area contributed by atoms with E-state index in [4.69, 9.17) is 16.4 Å². The molecule has 1 rings (SSSR count). The van der Waals surface area contributed by atoms with Gasteiger partial charge in [-0.15, -0.1) is 0 Å². The van der Waals surface area contributed by atoms with Gasteiger partial charge in [0.15, 0.2) is 0 Å². The summed E-state index contributed by atoms with van der Waals surface area (Å²) in [6.45, 7) is 0. The Bertz CT molecular complexity index is 357. The molecule has 14 heavy (non-hydrogen) atoms. The van der Waals surface area contributed by atoms with Crippen LogP contribution in [0.4, 0.5) is 0 Å². The standard InChI is InChI=1S/C9H9ClNO2.Y/c1-11(13-2)9(12)7-5-3-4-6-8(7)10;/h4-6H,1-2H3;. The summed E-state index contributed by atoms with van der Waals surface area (Å²) in [5, 5.41) is 1.61. The number of rotatable bonds is 2. The number of benzene rings is 1. The summed E-state index contributed by atoms with van der Waals surface area (Å²) >= 11 is 6.86. The van der Waals surface area contributed by atoms with E-state index >= 15 is 0 Å². The Morgan fingerprint density at radius 2 is 2.21 bits per heavy atom. The summed E-state index contributed by atoms with van der Waals surface area (Å²) in [7, 11) is 2.99. The van der Waals surface area contributed by atoms with Crippen LogP contribution in [0.15, 0.2) is 18.2 Å². The minimum atomic E-state index is -0.228. The molecule has 1 aromatic rings. The Morgan fingerprint density at radius 1 is 1.57 bits per heavy atom. The molecule has 0 N–H and O–H groups in total. The van der Waals surface area contributed by atoms with Crippen molar-refractivity contribution in [3.05, 3.63) is 28.8 Å². The van der Waals surface area contributed by atoms with E-state index in [1.165, 1.54) is 7.11 Å². The van der Waals surface area contributed by atoms with Gasteiger partial charge in [0, 0.05) is 0 Å². The maximum absolute atomic E-state index is 11.7. The molecular weight excluding hydrogens is 278 g/mol. The zero-order chi connectivity index (χ0) is 10.7. The van der Waals surface area contributed by atoms with Crippen molar-refractivity contribution in [2.24, 2.45) is 0 Å². The molecular formula is C9H9ClNO2Y. The van der Waals surface area contributed by atoms with Crippen LogP contribution >= 0.6 is 11.6 Å². The molecule has 3 nitrogen and oxygen atoms in total. The Labute approximate surface area is 108 Å². The third-order valence-corrected chi connectivity index (χ3v) is 2.99. The fourth-order valence-electron chi connectivity index (χ4n) is 0.959. The summed E-state index contributed by atoms with van der Waals surface area (Å²) in [6, 6.07) is 5.44. The van der Waals surface area contributed by atoms with Gasteiger partial charge in [-0.1, -0.05) is 0 Å². The molecule has 1 aromatic carbocycles. The van der Waals surface area contributed by atoms with Gasteiger partial charge in [-0.3, -0.25) is 0 Å². The van der Waals surface area contributed by atoms with E-state index in [9.17, 15) is 4.79 Å². The van der Waals surface area contributed by atoms with E-state index in [0.29, 0.717) is 10.6 Å². The second-order valence-corrected chi connectivity index (χ2v) is 4.77. The van der Waals surface area contributed by atoms with Gasteiger partial charge in [-0.2, -0.15) is 0 Å². The molecule has 0 bridgehead atoms. The second-order valence-electron chi connectivity index (χ2n) is 2.72. The van der Waals surface area contributed by atoms with Crippen molar-refractivity contribution in [1.82, 2.24) is 5.06 Å². The predicted octanol–water partition coefficient (Wildman–Crippen LogP) is 1.15. The first-order valence-corrected chi connectivity index (χ1v) is 5.73. The second kappa shape index (κ2) is 5.22. The molecule has 0 aliphatic rings. The number of hydroxylamine groups is 2. The average molecular weight is 288 g/mol. The third kappa shape index (κ3) is 2.77. The SMILES string of the molecule is CON(C)C(=O)c1c[c]([Y])ccc1Cl. The van der Waals surface area contributed by atoms with Crippen LogP contribution in [0.25, 0.3) is 0 Å². The molecule has 0 saturated heterocycles. The minimum absolute atomic E-state index is 0.228. The van der Waals surface area contributed by atoms with E-state index in [1.54, 1.807) is 19.2 Å². The zero-order valence-corrected chi connectivity index (χ0v) is 11.5. The number of hydrogen-bond donors (Lipinski definition) is 0. The van der Waals surface area contributed by atoms with Gasteiger partial charge in [-0.05, 0) is 0 Å². The number of carbonyl (C=O) groups is 1. The quantitative estimate of drug-likeness (QED) is 0.764. The van der Waals surface area contributed by atoms with Crippen LogP contribution in [-0.4, -0.2) is 25.1 Å². The molecule has 72 valence electrons. The van der Waals surface area contributed by atoms with E-state index in [1.807, 2.05) is 6.07 Å². The number of carbonyl (C=O) groups excluding carboxylic acids is 1. The summed E-state index contributed by atoms with van der Waals surface area (Å²) in [4.78, 5) is 16.5. The van der Waals surface area contributed by atoms with Crippen molar-refractivity contribution in [3.63, 3.8) is 0 Å². The normalized spacial score (nSPS) is 9.86. The van der Waals surface area contributed by atoms with Gasteiger partial charge in [0.05, 0.1) is 0 Å². The van der Waals surface area contributed by atoms with Gasteiger partial charge < -0.3 is 0 Å². The summed E-state index contributed by atoms with van der Waals surface area (Å²) < 4.78 is 1.12. The van der Waals surface area contributed by atoms with Crippen LogP contribution in [0.2, 0.25) is 5.02 Å². The van der Waals surface area contributed by atoms with Crippen molar-refractivity contribution in [2.45, 2.75) is 0 Å². The zero-order valence-electron chi connectivity index (χ0n) is 7.95. The molecule has 0 saturated carbocycles. The number of halogens is 1. The Balaban J connectivity index is 3.06. The van der Waals surface area contributed by atoms with Crippen LogP contribution in [0, 0.1) is 0 Å². The molecule has 0 fully saturated rings. The molecule has 0 atom stereocenters. The fourth-order valence-corrected chi connectivity index (χ4v) is 1.80. The first-order valence-electron chi connectivity index (χ1n) is 3.93. The number of amides is 1. The molecule has 0 aliphatic carbocycles. The Kier molecular flexibility index (Phi) is 4.51. The molecule has 0 spiro atoms. The van der Waals surface area contributed by atoms with E-state index in [0.717, 1.165) is 38.4 Å². The molecule has 0 aromatic heterocycles. The number of hydrogen-bond acceptors (Lipinski definition) is 2. The van der Waals surface area contributed by atoms with Crippen molar-refractivity contribution >= 4 is 19.9 Å². The van der Waals surface area contributed by atoms with E-state index < -0.39 is 0 Å². The summed E-state index contributed by atoms with van der Waals surface area (Å²) in [5.41, 5.74) is 0.487. The van der Waals surface area contributed by atoms with Crippen LogP contribution in [0.5, 0.6) is 0 Å². The van der Waals surface area contributed by atoms with Crippen molar-refractivity contribution in [3.8, 4) is 0 Å². The topological polar surface area (TPSA) is 29.5 Å². The van der Waals surface area contributed by atoms with E-state index in [-0.39, 0.29) is 5.91 Å². The van der Waals surface area contributed by atoms with Gasteiger partial charge in [-0.25, -0.2) is 0 Å². The summed E-state index contributed by atoms with van der Waals surface area (Å²) in [6.07, 6.45) is 0. The first-order chi connectivity index (χ1) is 6.56. The van der Waals surface area contributed by atoms with Gasteiger partial charge in [0.25, 0.3) is 0 Å². The molecule has 0 unspecified atom stereocenters. The fraction of sp³-hybridized carbons (Fsp3) is 0.222. The predicted molar refractivity (Wildman–Crippen MR) is 50.2 cm³/mol. The molecule has 0 heterocycles. The summed E-state index contributed by atoms with van der Waals surface area (Å²) in [5.74, 6) is -0.228. The van der Waals surface area contributed by atoms with Gasteiger partial charge >= 0.3 is 108 Å². The van der Waals surface area contributed by atoms with Crippen LogP contribution in [0.1, 0.15) is 10.4 Å². The van der Waals surface area contributed by atoms with Crippen LogP contribution in [0.3, 0.4) is 0 Å². The van der Waals surface area contributed by atoms with Crippen LogP contribution < -0.4 is 2.37 Å². The molecule has 5 heteroatoms. The maximum atomic E-state index is 11.7. The molecule has 0 radical (unpaired) electrons. The first kappa shape index (κ1) is 12.1. The van der Waals surface area contributed by atoms with Crippen molar-refractivity contribution in [2.75, 3.05) is 14.2 Å². The number of nitrogens with zero attached hydrogens (tertiary/aromatic N) is 1. The molecule has 1 amide bonds. The van der Waals surface area contributed by atoms with Crippen molar-refractivity contribution in [1.29, 1.82) is 0 Å². The van der Waals surface area contributed by atoms with E-state index in [2.05, 4.69) is 0 Å². The Morgan fingerprint density at radius 3 is 2.79 bits per heavy atom. The molecule has 0 aliphatic heterocycles. The van der Waals surface area contributed by atoms with Crippen LogP contribution in [-0.2, 0) is 35.8 Å². The van der Waals surface area contributed by atoms with Gasteiger partial charge in [0.1, 0.15) is 0 Å². The monoisotopic (exact) mass is 287 g/mol. The average Bonchev–Trinajstić information content (AvgIpc) is 2.19. The van der Waals surface area contributed by atoms with Crippen molar-refractivity contribution < 1.29 is 40.6 Å². The Hall–Kier alpha value is 0.0439. The third-order valence-electron chi connectivity index (χ3n) is 1.78. The van der Waals surface area contributed by atoms with Gasteiger partial charge in [0.2, 0.25) is 0 Å².